The third-order valence-electron chi connectivity index (χ3n) is 5.22. The number of fused-ring (bicyclic) bond motifs is 1. The number of anilines is 1. The van der Waals surface area contributed by atoms with Crippen LogP contribution in [0.2, 0.25) is 0 Å². The number of amides is 3. The van der Waals surface area contributed by atoms with Gasteiger partial charge in [0.2, 0.25) is 0 Å². The average Bonchev–Trinajstić information content (AvgIpc) is 3.07. The van der Waals surface area contributed by atoms with Crippen LogP contribution in [0.4, 0.5) is 14.9 Å². The van der Waals surface area contributed by atoms with Gasteiger partial charge in [-0.05, 0) is 49.9 Å². The molecule has 0 saturated carbocycles. The van der Waals surface area contributed by atoms with Gasteiger partial charge in [-0.1, -0.05) is 6.07 Å². The van der Waals surface area contributed by atoms with Gasteiger partial charge in [-0.2, -0.15) is 5.10 Å². The van der Waals surface area contributed by atoms with Crippen LogP contribution >= 0.6 is 0 Å². The van der Waals surface area contributed by atoms with Crippen LogP contribution in [-0.2, 0) is 0 Å². The maximum absolute atomic E-state index is 13.2. The summed E-state index contributed by atoms with van der Waals surface area (Å²) in [5.41, 5.74) is 2.11. The first-order chi connectivity index (χ1) is 14.5. The van der Waals surface area contributed by atoms with E-state index in [9.17, 15) is 14.0 Å². The van der Waals surface area contributed by atoms with Crippen LogP contribution in [0.15, 0.2) is 42.7 Å². The molecule has 3 heterocycles. The summed E-state index contributed by atoms with van der Waals surface area (Å²) in [6.07, 6.45) is 5.19. The zero-order valence-electron chi connectivity index (χ0n) is 16.6. The zero-order chi connectivity index (χ0) is 21.1. The Morgan fingerprint density at radius 3 is 3.00 bits per heavy atom. The molecule has 1 aliphatic heterocycles. The number of carbonyl (C=O) groups is 2. The summed E-state index contributed by atoms with van der Waals surface area (Å²) in [5, 5.41) is 9.80. The summed E-state index contributed by atoms with van der Waals surface area (Å²) in [6, 6.07) is 7.10. The summed E-state index contributed by atoms with van der Waals surface area (Å²) in [7, 11) is 0. The van der Waals surface area contributed by atoms with Crippen molar-refractivity contribution >= 4 is 23.3 Å². The molecular formula is C21H23FN6O2. The Kier molecular flexibility index (Phi) is 5.60. The van der Waals surface area contributed by atoms with Crippen LogP contribution in [0.5, 0.6) is 0 Å². The molecule has 4 rings (SSSR count). The molecule has 1 atom stereocenters. The van der Waals surface area contributed by atoms with E-state index in [4.69, 9.17) is 0 Å². The molecule has 1 aliphatic rings. The number of piperidine rings is 1. The average molecular weight is 410 g/mol. The van der Waals surface area contributed by atoms with Gasteiger partial charge in [-0.3, -0.25) is 4.79 Å². The number of aryl methyl sites for hydroxylation is 1. The number of nitrogens with one attached hydrogen (secondary N) is 2. The number of carbonyl (C=O) groups excluding carboxylic acids is 2. The van der Waals surface area contributed by atoms with Gasteiger partial charge in [0.05, 0.1) is 5.69 Å². The fourth-order valence-electron chi connectivity index (χ4n) is 3.80. The molecule has 0 aliphatic carbocycles. The van der Waals surface area contributed by atoms with Crippen LogP contribution in [0.3, 0.4) is 0 Å². The van der Waals surface area contributed by atoms with Crippen LogP contribution in [0, 0.1) is 18.7 Å². The van der Waals surface area contributed by atoms with Gasteiger partial charge < -0.3 is 15.5 Å². The number of hydrogen-bond donors (Lipinski definition) is 2. The summed E-state index contributed by atoms with van der Waals surface area (Å²) < 4.78 is 14.8. The predicted molar refractivity (Wildman–Crippen MR) is 110 cm³/mol. The van der Waals surface area contributed by atoms with E-state index in [2.05, 4.69) is 20.7 Å². The Labute approximate surface area is 173 Å². The van der Waals surface area contributed by atoms with Crippen molar-refractivity contribution in [2.75, 3.05) is 25.0 Å². The summed E-state index contributed by atoms with van der Waals surface area (Å²) in [5.74, 6) is -0.363. The van der Waals surface area contributed by atoms with Gasteiger partial charge in [0.1, 0.15) is 11.4 Å². The summed E-state index contributed by atoms with van der Waals surface area (Å²) in [4.78, 5) is 31.4. The highest BCUT2D eigenvalue weighted by Gasteiger charge is 2.28. The highest BCUT2D eigenvalue weighted by atomic mass is 19.1. The normalized spacial score (nSPS) is 16.5. The lowest BCUT2D eigenvalue weighted by atomic mass is 9.97. The van der Waals surface area contributed by atoms with Gasteiger partial charge in [0.25, 0.3) is 5.91 Å². The van der Waals surface area contributed by atoms with E-state index in [-0.39, 0.29) is 11.8 Å². The molecule has 0 bridgehead atoms. The Hall–Kier alpha value is -3.49. The van der Waals surface area contributed by atoms with Crippen LogP contribution in [0.1, 0.15) is 28.9 Å². The number of nitrogens with zero attached hydrogens (tertiary/aromatic N) is 4. The monoisotopic (exact) mass is 410 g/mol. The van der Waals surface area contributed by atoms with Crippen molar-refractivity contribution in [1.29, 1.82) is 0 Å². The number of hydrogen-bond acceptors (Lipinski definition) is 4. The summed E-state index contributed by atoms with van der Waals surface area (Å²) in [6.45, 7) is 3.44. The first-order valence-electron chi connectivity index (χ1n) is 9.91. The molecule has 30 heavy (non-hydrogen) atoms. The number of urea groups is 1. The van der Waals surface area contributed by atoms with Gasteiger partial charge in [-0.15, -0.1) is 0 Å². The molecule has 0 spiro atoms. The molecule has 156 valence electrons. The van der Waals surface area contributed by atoms with Crippen LogP contribution in [0.25, 0.3) is 5.65 Å². The molecule has 1 aromatic carbocycles. The first-order valence-corrected chi connectivity index (χ1v) is 9.91. The lowest BCUT2D eigenvalue weighted by Gasteiger charge is -2.32. The number of aromatic nitrogens is 3. The summed E-state index contributed by atoms with van der Waals surface area (Å²) >= 11 is 0. The number of halogens is 1. The van der Waals surface area contributed by atoms with Gasteiger partial charge in [0, 0.05) is 37.7 Å². The van der Waals surface area contributed by atoms with E-state index in [0.29, 0.717) is 42.2 Å². The van der Waals surface area contributed by atoms with E-state index in [0.717, 1.165) is 12.8 Å². The van der Waals surface area contributed by atoms with Crippen molar-refractivity contribution in [3.63, 3.8) is 0 Å². The Morgan fingerprint density at radius 1 is 1.30 bits per heavy atom. The minimum Gasteiger partial charge on any atom is -0.338 e. The van der Waals surface area contributed by atoms with Crippen LogP contribution in [-0.4, -0.2) is 51.1 Å². The quantitative estimate of drug-likeness (QED) is 0.692. The van der Waals surface area contributed by atoms with Crippen molar-refractivity contribution < 1.29 is 14.0 Å². The minimum absolute atomic E-state index is 0.0879. The predicted octanol–water partition coefficient (Wildman–Crippen LogP) is 2.85. The lowest BCUT2D eigenvalue weighted by molar-refractivity contribution is 0.0676. The molecule has 1 fully saturated rings. The molecule has 1 saturated heterocycles. The van der Waals surface area contributed by atoms with Crippen molar-refractivity contribution in [3.05, 3.63) is 59.8 Å². The Bertz CT molecular complexity index is 1080. The molecule has 0 radical (unpaired) electrons. The van der Waals surface area contributed by atoms with E-state index in [1.807, 2.05) is 6.92 Å². The van der Waals surface area contributed by atoms with E-state index < -0.39 is 11.8 Å². The van der Waals surface area contributed by atoms with Gasteiger partial charge >= 0.3 is 6.03 Å². The van der Waals surface area contributed by atoms with Crippen molar-refractivity contribution in [2.24, 2.45) is 5.92 Å². The highest BCUT2D eigenvalue weighted by Crippen LogP contribution is 2.21. The standard InChI is InChI=1S/C21H23FN6O2/c1-14-18(19-23-8-4-10-28(19)26-14)20(29)27-9-3-5-15(13-27)12-24-21(30)25-17-7-2-6-16(22)11-17/h2,4,6-8,10-11,15H,3,5,9,12-13H2,1H3,(H2,24,25,30). The second-order valence-electron chi connectivity index (χ2n) is 7.45. The molecule has 2 aromatic heterocycles. The molecule has 9 heteroatoms. The van der Waals surface area contributed by atoms with E-state index >= 15 is 0 Å². The Balaban J connectivity index is 1.36. The molecule has 3 aromatic rings. The maximum Gasteiger partial charge on any atom is 0.319 e. The Morgan fingerprint density at radius 2 is 2.17 bits per heavy atom. The van der Waals surface area contributed by atoms with Crippen molar-refractivity contribution in [1.82, 2.24) is 24.8 Å². The highest BCUT2D eigenvalue weighted by molar-refractivity contribution is 6.01. The minimum atomic E-state index is -0.410. The molecule has 2 N–H and O–H groups in total. The third kappa shape index (κ3) is 4.24. The molecule has 1 unspecified atom stereocenters. The van der Waals surface area contributed by atoms with Gasteiger partial charge in [-0.25, -0.2) is 18.7 Å². The molecular weight excluding hydrogens is 387 g/mol. The number of rotatable bonds is 4. The SMILES string of the molecule is Cc1nn2cccnc2c1C(=O)N1CCCC(CNC(=O)Nc2cccc(F)c2)C1. The first kappa shape index (κ1) is 19.8. The second-order valence-corrected chi connectivity index (χ2v) is 7.45. The van der Waals surface area contributed by atoms with E-state index in [1.54, 1.807) is 33.9 Å². The smallest absolute Gasteiger partial charge is 0.319 e. The third-order valence-corrected chi connectivity index (χ3v) is 5.22. The van der Waals surface area contributed by atoms with Crippen molar-refractivity contribution in [2.45, 2.75) is 19.8 Å². The topological polar surface area (TPSA) is 91.6 Å². The molecule has 8 nitrogen and oxygen atoms in total. The number of likely N-dealkylation sites (tertiary alicyclic amines) is 1. The largest absolute Gasteiger partial charge is 0.338 e. The van der Waals surface area contributed by atoms with E-state index in [1.165, 1.54) is 18.2 Å². The molecule has 3 amide bonds. The zero-order valence-corrected chi connectivity index (χ0v) is 16.6. The van der Waals surface area contributed by atoms with Crippen molar-refractivity contribution in [3.8, 4) is 0 Å². The second kappa shape index (κ2) is 8.48. The maximum atomic E-state index is 13.2. The fourth-order valence-corrected chi connectivity index (χ4v) is 3.80. The van der Waals surface area contributed by atoms with Gasteiger partial charge in [0.15, 0.2) is 5.65 Å². The lowest BCUT2D eigenvalue weighted by Crippen LogP contribution is -2.44. The number of benzene rings is 1. The van der Waals surface area contributed by atoms with Crippen LogP contribution < -0.4 is 10.6 Å². The fraction of sp³-hybridized carbons (Fsp3) is 0.333.